The Hall–Kier alpha value is -11.6. The van der Waals surface area contributed by atoms with E-state index >= 15 is 9.59 Å². The van der Waals surface area contributed by atoms with Gasteiger partial charge in [0, 0.05) is 98.4 Å². The molecule has 30 heteroatoms. The summed E-state index contributed by atoms with van der Waals surface area (Å²) in [6.45, 7) is 1.77. The Labute approximate surface area is 609 Å². The molecule has 0 aliphatic carbocycles. The largest absolute Gasteiger partial charge is 0.508 e. The molecule has 1 fully saturated rings. The van der Waals surface area contributed by atoms with E-state index in [1.807, 2.05) is 48.5 Å². The number of H-pyrrole nitrogens is 2. The first-order valence-electron chi connectivity index (χ1n) is 34.5. The van der Waals surface area contributed by atoms with Crippen LogP contribution in [-0.2, 0) is 91.3 Å². The van der Waals surface area contributed by atoms with Crippen LogP contribution in [0.15, 0.2) is 159 Å². The maximum absolute atomic E-state index is 15.1. The molecular weight excluding hydrogens is 1370 g/mol. The van der Waals surface area contributed by atoms with Gasteiger partial charge in [-0.2, -0.15) is 0 Å². The average Bonchev–Trinajstić information content (AvgIpc) is 1.79. The van der Waals surface area contributed by atoms with Crippen LogP contribution in [0.3, 0.4) is 0 Å². The molecule has 9 rings (SSSR count). The van der Waals surface area contributed by atoms with Gasteiger partial charge in [-0.05, 0) is 121 Å². The van der Waals surface area contributed by atoms with Gasteiger partial charge in [0.05, 0.1) is 12.9 Å². The Morgan fingerprint density at radius 2 is 1.10 bits per heavy atom. The maximum Gasteiger partial charge on any atom is 0.325 e. The number of likely N-dealkylation sites (tertiary alicyclic amines) is 1. The highest BCUT2D eigenvalue weighted by atomic mass is 35.5. The van der Waals surface area contributed by atoms with Gasteiger partial charge in [0.2, 0.25) is 59.1 Å². The number of rotatable bonds is 36. The highest BCUT2D eigenvalue weighted by molar-refractivity contribution is 6.30. The predicted molar refractivity (Wildman–Crippen MR) is 388 cm³/mol. The van der Waals surface area contributed by atoms with Crippen molar-refractivity contribution in [1.82, 2.24) is 72.7 Å². The van der Waals surface area contributed by atoms with E-state index in [-0.39, 0.29) is 76.6 Å². The van der Waals surface area contributed by atoms with Crippen LogP contribution in [-0.4, -0.2) is 185 Å². The lowest BCUT2D eigenvalue weighted by Crippen LogP contribution is -2.61. The number of nitrogens with one attached hydrogen (secondary N) is 11. The number of carboxylic acid groups (broad SMARTS) is 1. The third-order valence-electron chi connectivity index (χ3n) is 18.0. The molecule has 4 heterocycles. The number of fused-ring (bicyclic) bond motifs is 2. The number of halogens is 1. The number of hydrogen-bond donors (Lipinski definition) is 15. The zero-order valence-corrected chi connectivity index (χ0v) is 58.6. The van der Waals surface area contributed by atoms with Crippen LogP contribution in [0.2, 0.25) is 5.02 Å². The van der Waals surface area contributed by atoms with Crippen molar-refractivity contribution < 1.29 is 68.1 Å². The number of phenolic OH excluding ortho intramolecular Hbond substituents is 1. The zero-order valence-electron chi connectivity index (χ0n) is 57.8. The van der Waals surface area contributed by atoms with Gasteiger partial charge in [-0.15, -0.1) is 0 Å². The van der Waals surface area contributed by atoms with E-state index in [1.165, 1.54) is 55.8 Å². The Balaban J connectivity index is 0.950. The van der Waals surface area contributed by atoms with Crippen LogP contribution in [0.4, 0.5) is 0 Å². The summed E-state index contributed by atoms with van der Waals surface area (Å²) in [7, 11) is 0. The molecule has 0 radical (unpaired) electrons. The first kappa shape index (κ1) is 77.6. The number of nitrogens with two attached hydrogens (primary N) is 1. The molecule has 8 aromatic rings. The zero-order chi connectivity index (χ0) is 75.1. The highest BCUT2D eigenvalue weighted by Crippen LogP contribution is 2.24. The van der Waals surface area contributed by atoms with Crippen molar-refractivity contribution in [2.45, 2.75) is 145 Å². The molecule has 0 bridgehead atoms. The van der Waals surface area contributed by atoms with Gasteiger partial charge < -0.3 is 83.8 Å². The number of pyridine rings is 1. The summed E-state index contributed by atoms with van der Waals surface area (Å²) < 4.78 is 0. The van der Waals surface area contributed by atoms with Crippen molar-refractivity contribution >= 4 is 98.3 Å². The third-order valence-corrected chi connectivity index (χ3v) is 18.3. The van der Waals surface area contributed by atoms with Crippen LogP contribution in [0.25, 0.3) is 21.7 Å². The molecule has 0 spiro atoms. The highest BCUT2D eigenvalue weighted by Gasteiger charge is 2.41. The number of phenols is 1. The first-order chi connectivity index (χ1) is 50.5. The smallest absolute Gasteiger partial charge is 0.325 e. The number of carbonyl (C=O) groups is 11. The molecule has 0 unspecified atom stereocenters. The maximum atomic E-state index is 15.1. The van der Waals surface area contributed by atoms with E-state index in [0.717, 1.165) is 10.8 Å². The third kappa shape index (κ3) is 22.2. The number of nitrogens with zero attached hydrogens (tertiary/aromatic N) is 3. The SMILES string of the molecule is CC(=O)N[C@H](Cc1ccc2ccccc2c1)C(=O)N[C@H](Cc1ccc(Cl)cc1)C(=O)N[C@H](Cc1cccnc1)C(=O)N[C@@H](CO)C(=O)N[C@@H](Cc1cnc[nH]1)C(=O)N[C@H](CCCCN)C(=O)N[C@@H](Cc1c[nH]c2ccccc12)C(=O)N[C@@H](Cc1ccc(O)cc1)C(=O)N1CCC[C@H]1C(=O)N[C@H](C)C(=O)O. The quantitative estimate of drug-likeness (QED) is 0.0250. The van der Waals surface area contributed by atoms with Crippen molar-refractivity contribution in [2.75, 3.05) is 19.7 Å². The second-order valence-corrected chi connectivity index (χ2v) is 26.3. The van der Waals surface area contributed by atoms with Gasteiger partial charge in [0.1, 0.15) is 66.2 Å². The number of aromatic hydroxyl groups is 1. The van der Waals surface area contributed by atoms with E-state index in [4.69, 9.17) is 17.3 Å². The fourth-order valence-electron chi connectivity index (χ4n) is 12.4. The Morgan fingerprint density at radius 3 is 1.72 bits per heavy atom. The predicted octanol–water partition coefficient (Wildman–Crippen LogP) is 2.15. The van der Waals surface area contributed by atoms with E-state index in [1.54, 1.807) is 72.9 Å². The van der Waals surface area contributed by atoms with Gasteiger partial charge in [-0.3, -0.25) is 57.7 Å². The summed E-state index contributed by atoms with van der Waals surface area (Å²) in [4.78, 5) is 172. The molecule has 29 nitrogen and oxygen atoms in total. The van der Waals surface area contributed by atoms with Gasteiger partial charge in [0.25, 0.3) is 0 Å². The molecule has 10 amide bonds. The lowest BCUT2D eigenvalue weighted by atomic mass is 9.99. The van der Waals surface area contributed by atoms with Crippen LogP contribution >= 0.6 is 11.6 Å². The number of aromatic nitrogens is 4. The van der Waals surface area contributed by atoms with E-state index in [0.29, 0.717) is 62.3 Å². The number of para-hydroxylation sites is 1. The van der Waals surface area contributed by atoms with E-state index < -0.39 is 132 Å². The summed E-state index contributed by atoms with van der Waals surface area (Å²) in [5.74, 6) is -9.61. The van der Waals surface area contributed by atoms with Gasteiger partial charge in [-0.25, -0.2) is 4.98 Å². The van der Waals surface area contributed by atoms with E-state index in [9.17, 15) is 58.5 Å². The molecule has 16 N–H and O–H groups in total. The molecule has 1 aliphatic rings. The fourth-order valence-corrected chi connectivity index (χ4v) is 12.6. The number of carboxylic acids is 1. The van der Waals surface area contributed by atoms with Crippen LogP contribution in [0.1, 0.15) is 79.5 Å². The number of aromatic amines is 2. The normalized spacial score (nSPS) is 15.2. The number of amides is 10. The molecule has 105 heavy (non-hydrogen) atoms. The second kappa shape index (κ2) is 37.6. The minimum Gasteiger partial charge on any atom is -0.508 e. The van der Waals surface area contributed by atoms with Crippen molar-refractivity contribution in [1.29, 1.82) is 0 Å². The number of aliphatic carboxylic acids is 1. The molecule has 5 aromatic carbocycles. The lowest BCUT2D eigenvalue weighted by molar-refractivity contribution is -0.144. The molecule has 0 saturated carbocycles. The Morgan fingerprint density at radius 1 is 0.562 bits per heavy atom. The van der Waals surface area contributed by atoms with Crippen molar-refractivity contribution in [3.8, 4) is 5.75 Å². The van der Waals surface area contributed by atoms with Crippen LogP contribution in [0, 0.1) is 0 Å². The van der Waals surface area contributed by atoms with Gasteiger partial charge in [-0.1, -0.05) is 103 Å². The monoisotopic (exact) mass is 1460 g/mol. The lowest BCUT2D eigenvalue weighted by Gasteiger charge is -2.31. The van der Waals surface area contributed by atoms with Gasteiger partial charge >= 0.3 is 5.97 Å². The van der Waals surface area contributed by atoms with E-state index in [2.05, 4.69) is 67.8 Å². The standard InChI is InChI=1S/C75H86ClN15O14/c1-43(75(104)105)82-73(102)65-17-10-30-91(65)74(103)63(33-46-21-26-54(94)27-22-46)89-70(99)61(36-51-39-80-56-15-6-5-14-55(51)56)87-66(95)57(16-7-8-28-77)84-71(100)62(37-53-40-79-42-81-53)88-72(101)64(41-92)90-69(98)60(35-48-11-9-29-78-38-48)86-68(97)59(32-45-19-24-52(76)25-20-45)85-67(96)58(83-44(2)93)34-47-18-23-49-12-3-4-13-50(49)31-47/h3-6,9,11-15,18-27,29,31,38-40,42-43,57-65,80,92,94H,7-8,10,16-17,28,30,32-37,41,77H2,1-2H3,(H,79,81)(H,82,102)(H,83,93)(H,84,100)(H,85,96)(H,86,97)(H,87,95)(H,88,101)(H,89,99)(H,90,98)(H,104,105)/t43-,57-,58-,59-,60-,61+,62+,63+,64+,65+/m1/s1. The number of aliphatic hydroxyl groups excluding tert-OH is 1. The number of imidazole rings is 1. The molecule has 1 saturated heterocycles. The second-order valence-electron chi connectivity index (χ2n) is 25.9. The molecule has 10 atom stereocenters. The molecule has 1 aliphatic heterocycles. The Kier molecular flexibility index (Phi) is 27.8. The van der Waals surface area contributed by atoms with Crippen molar-refractivity contribution in [2.24, 2.45) is 5.73 Å². The Bertz CT molecular complexity index is 4350. The number of hydrogen-bond acceptors (Lipinski definition) is 16. The number of benzene rings is 5. The number of carbonyl (C=O) groups excluding carboxylic acids is 10. The summed E-state index contributed by atoms with van der Waals surface area (Å²) in [6.07, 6.45) is 7.48. The fraction of sp³-hybridized carbons (Fsp3) is 0.347. The number of unbranched alkanes of at least 4 members (excludes halogenated alkanes) is 1. The minimum atomic E-state index is -1.81. The van der Waals surface area contributed by atoms with Gasteiger partial charge in [0.15, 0.2) is 0 Å². The van der Waals surface area contributed by atoms with Crippen molar-refractivity contribution in [3.05, 3.63) is 197 Å². The minimum absolute atomic E-state index is 0.0368. The number of aliphatic hydroxyl groups is 1. The molecular formula is C75H86ClN15O14. The van der Waals surface area contributed by atoms with Crippen molar-refractivity contribution in [3.63, 3.8) is 0 Å². The van der Waals surface area contributed by atoms with Crippen LogP contribution in [0.5, 0.6) is 5.75 Å². The average molecular weight is 1460 g/mol. The summed E-state index contributed by atoms with van der Waals surface area (Å²) in [5.41, 5.74) is 9.73. The summed E-state index contributed by atoms with van der Waals surface area (Å²) in [5, 5.41) is 57.8. The summed E-state index contributed by atoms with van der Waals surface area (Å²) >= 11 is 6.24. The first-order valence-corrected chi connectivity index (χ1v) is 34.9. The summed E-state index contributed by atoms with van der Waals surface area (Å²) in [6, 6.07) is 21.8. The molecule has 3 aromatic heterocycles. The van der Waals surface area contributed by atoms with Crippen LogP contribution < -0.4 is 53.6 Å². The molecule has 552 valence electrons. The topological polar surface area (TPSA) is 443 Å².